The molecule has 0 aromatic heterocycles. The highest BCUT2D eigenvalue weighted by atomic mass is 16.5. The Kier molecular flexibility index (Phi) is 5.01. The summed E-state index contributed by atoms with van der Waals surface area (Å²) < 4.78 is 10.4. The van der Waals surface area contributed by atoms with Crippen LogP contribution in [0.2, 0.25) is 0 Å². The van der Waals surface area contributed by atoms with Crippen molar-refractivity contribution in [2.45, 2.75) is 56.2 Å². The van der Waals surface area contributed by atoms with Gasteiger partial charge in [-0.15, -0.1) is 0 Å². The average Bonchev–Trinajstić information content (AvgIpc) is 2.31. The number of rotatable bonds is 6. The molecule has 2 rings (SSSR count). The summed E-state index contributed by atoms with van der Waals surface area (Å²) in [6.07, 6.45) is 6.37. The molecule has 2 saturated heterocycles. The summed E-state index contributed by atoms with van der Waals surface area (Å²) in [4.78, 5) is 2.48. The Bertz CT molecular complexity index is 245. The molecule has 0 saturated carbocycles. The Labute approximate surface area is 110 Å². The number of methoxy groups -OCH3 is 1. The highest BCUT2D eigenvalue weighted by Crippen LogP contribution is 2.39. The second-order valence-electron chi connectivity index (χ2n) is 5.89. The minimum absolute atomic E-state index is 0.505. The summed E-state index contributed by atoms with van der Waals surface area (Å²) in [6, 6.07) is 1.14. The number of aliphatic hydroxyl groups is 1. The first-order valence-corrected chi connectivity index (χ1v) is 7.16. The largest absolute Gasteiger partial charge is 0.390 e. The Balaban J connectivity index is 1.77. The van der Waals surface area contributed by atoms with Crippen molar-refractivity contribution in [2.24, 2.45) is 0 Å². The molecule has 0 aromatic carbocycles. The number of hydrogen-bond donors (Lipinski definition) is 1. The van der Waals surface area contributed by atoms with E-state index >= 15 is 0 Å². The van der Waals surface area contributed by atoms with Gasteiger partial charge in [-0.2, -0.15) is 0 Å². The van der Waals surface area contributed by atoms with Crippen LogP contribution in [0.4, 0.5) is 0 Å². The molecule has 4 nitrogen and oxygen atoms in total. The minimum Gasteiger partial charge on any atom is -0.390 e. The topological polar surface area (TPSA) is 41.9 Å². The Morgan fingerprint density at radius 3 is 2.44 bits per heavy atom. The van der Waals surface area contributed by atoms with Crippen LogP contribution in [-0.2, 0) is 9.47 Å². The summed E-state index contributed by atoms with van der Waals surface area (Å²) in [5.74, 6) is 0. The van der Waals surface area contributed by atoms with E-state index in [9.17, 15) is 5.11 Å². The van der Waals surface area contributed by atoms with E-state index in [-0.39, 0.29) is 0 Å². The van der Waals surface area contributed by atoms with E-state index in [0.29, 0.717) is 31.9 Å². The molecule has 0 spiro atoms. The molecular formula is C14H27NO3. The lowest BCUT2D eigenvalue weighted by Crippen LogP contribution is -2.56. The number of hydrogen-bond acceptors (Lipinski definition) is 4. The molecule has 4 heteroatoms. The molecular weight excluding hydrogens is 230 g/mol. The van der Waals surface area contributed by atoms with Gasteiger partial charge in [-0.05, 0) is 39.2 Å². The lowest BCUT2D eigenvalue weighted by molar-refractivity contribution is -0.0975. The molecule has 0 radical (unpaired) electrons. The van der Waals surface area contributed by atoms with Crippen LogP contribution < -0.4 is 0 Å². The van der Waals surface area contributed by atoms with Crippen molar-refractivity contribution in [3.63, 3.8) is 0 Å². The normalized spacial score (nSPS) is 36.8. The van der Waals surface area contributed by atoms with Crippen LogP contribution in [0.25, 0.3) is 0 Å². The van der Waals surface area contributed by atoms with Crippen LogP contribution in [0.5, 0.6) is 0 Å². The van der Waals surface area contributed by atoms with Gasteiger partial charge in [0.25, 0.3) is 0 Å². The van der Waals surface area contributed by atoms with Gasteiger partial charge in [0.2, 0.25) is 0 Å². The lowest BCUT2D eigenvalue weighted by Gasteiger charge is -2.50. The van der Waals surface area contributed by atoms with E-state index in [0.717, 1.165) is 19.3 Å². The predicted octanol–water partition coefficient (Wildman–Crippen LogP) is 1.42. The Morgan fingerprint density at radius 1 is 1.17 bits per heavy atom. The third-order valence-electron chi connectivity index (χ3n) is 4.60. The number of fused-ring (bicyclic) bond motifs is 2. The standard InChI is InChI=1S/C14H27NO3/c1-15-12-4-3-5-13(15)11-14(16,10-12)6-7-18-9-8-17-2/h12-13,16H,3-11H2,1-2H3. The SMILES string of the molecule is COCCOCCC1(O)CC2CCCC(C1)N2C. The van der Waals surface area contributed by atoms with Crippen LogP contribution in [0.15, 0.2) is 0 Å². The molecule has 18 heavy (non-hydrogen) atoms. The third-order valence-corrected chi connectivity index (χ3v) is 4.60. The highest BCUT2D eigenvalue weighted by molar-refractivity contribution is 4.98. The smallest absolute Gasteiger partial charge is 0.0700 e. The molecule has 2 fully saturated rings. The fraction of sp³-hybridized carbons (Fsp3) is 1.00. The van der Waals surface area contributed by atoms with Gasteiger partial charge < -0.3 is 19.5 Å². The van der Waals surface area contributed by atoms with Gasteiger partial charge in [0, 0.05) is 25.8 Å². The summed E-state index contributed by atoms with van der Waals surface area (Å²) in [5.41, 5.74) is -0.505. The maximum absolute atomic E-state index is 10.7. The van der Waals surface area contributed by atoms with Gasteiger partial charge in [-0.3, -0.25) is 0 Å². The van der Waals surface area contributed by atoms with Crippen molar-refractivity contribution in [3.05, 3.63) is 0 Å². The Morgan fingerprint density at radius 2 is 1.83 bits per heavy atom. The molecule has 2 unspecified atom stereocenters. The van der Waals surface area contributed by atoms with E-state index in [4.69, 9.17) is 9.47 Å². The molecule has 2 heterocycles. The number of ether oxygens (including phenoxy) is 2. The summed E-state index contributed by atoms with van der Waals surface area (Å²) in [7, 11) is 3.89. The molecule has 0 amide bonds. The maximum Gasteiger partial charge on any atom is 0.0700 e. The van der Waals surface area contributed by atoms with Gasteiger partial charge in [0.15, 0.2) is 0 Å². The molecule has 0 aromatic rings. The highest BCUT2D eigenvalue weighted by Gasteiger charge is 2.43. The maximum atomic E-state index is 10.7. The number of nitrogens with zero attached hydrogens (tertiary/aromatic N) is 1. The van der Waals surface area contributed by atoms with Crippen molar-refractivity contribution in [3.8, 4) is 0 Å². The van der Waals surface area contributed by atoms with Crippen LogP contribution >= 0.6 is 0 Å². The Hall–Kier alpha value is -0.160. The minimum atomic E-state index is -0.505. The van der Waals surface area contributed by atoms with Gasteiger partial charge in [0.05, 0.1) is 18.8 Å². The molecule has 2 bridgehead atoms. The van der Waals surface area contributed by atoms with E-state index < -0.39 is 5.60 Å². The van der Waals surface area contributed by atoms with E-state index in [1.54, 1.807) is 7.11 Å². The quantitative estimate of drug-likeness (QED) is 0.731. The molecule has 2 aliphatic rings. The molecule has 2 aliphatic heterocycles. The first-order chi connectivity index (χ1) is 8.64. The zero-order valence-electron chi connectivity index (χ0n) is 11.7. The summed E-state index contributed by atoms with van der Waals surface area (Å²) in [6.45, 7) is 1.90. The van der Waals surface area contributed by atoms with Gasteiger partial charge >= 0.3 is 0 Å². The third kappa shape index (κ3) is 3.44. The predicted molar refractivity (Wildman–Crippen MR) is 70.7 cm³/mol. The lowest BCUT2D eigenvalue weighted by atomic mass is 9.74. The van der Waals surface area contributed by atoms with Crippen molar-refractivity contribution < 1.29 is 14.6 Å². The molecule has 106 valence electrons. The van der Waals surface area contributed by atoms with Gasteiger partial charge in [0.1, 0.15) is 0 Å². The molecule has 2 atom stereocenters. The van der Waals surface area contributed by atoms with Crippen molar-refractivity contribution in [1.29, 1.82) is 0 Å². The van der Waals surface area contributed by atoms with Gasteiger partial charge in [-0.1, -0.05) is 6.42 Å². The van der Waals surface area contributed by atoms with Crippen molar-refractivity contribution in [2.75, 3.05) is 34.0 Å². The zero-order valence-corrected chi connectivity index (χ0v) is 11.7. The van der Waals surface area contributed by atoms with E-state index in [1.165, 1.54) is 19.3 Å². The van der Waals surface area contributed by atoms with Crippen molar-refractivity contribution >= 4 is 0 Å². The second-order valence-corrected chi connectivity index (χ2v) is 5.89. The molecule has 0 aliphatic carbocycles. The van der Waals surface area contributed by atoms with E-state index in [1.807, 2.05) is 0 Å². The second kappa shape index (κ2) is 6.33. The van der Waals surface area contributed by atoms with E-state index in [2.05, 4.69) is 11.9 Å². The van der Waals surface area contributed by atoms with Crippen LogP contribution in [0.3, 0.4) is 0 Å². The van der Waals surface area contributed by atoms with Crippen LogP contribution in [0.1, 0.15) is 38.5 Å². The van der Waals surface area contributed by atoms with Gasteiger partial charge in [-0.25, -0.2) is 0 Å². The fourth-order valence-electron chi connectivity index (χ4n) is 3.46. The zero-order chi connectivity index (χ0) is 13.0. The van der Waals surface area contributed by atoms with Crippen LogP contribution in [0, 0.1) is 0 Å². The summed E-state index contributed by atoms with van der Waals surface area (Å²) >= 11 is 0. The number of piperidine rings is 2. The van der Waals surface area contributed by atoms with Crippen molar-refractivity contribution in [1.82, 2.24) is 4.90 Å². The molecule has 1 N–H and O–H groups in total. The first-order valence-electron chi connectivity index (χ1n) is 7.16. The first kappa shape index (κ1) is 14.3. The fourth-order valence-corrected chi connectivity index (χ4v) is 3.46. The monoisotopic (exact) mass is 257 g/mol. The van der Waals surface area contributed by atoms with Crippen LogP contribution in [-0.4, -0.2) is 61.7 Å². The average molecular weight is 257 g/mol. The summed E-state index contributed by atoms with van der Waals surface area (Å²) in [5, 5.41) is 10.7.